The van der Waals surface area contributed by atoms with Crippen LogP contribution >= 0.6 is 0 Å². The number of nitrogens with zero attached hydrogens (tertiary/aromatic N) is 4. The Labute approximate surface area is 312 Å². The summed E-state index contributed by atoms with van der Waals surface area (Å²) in [5.74, 6) is 1.80. The Hall–Kier alpha value is -7.37. The minimum absolute atomic E-state index is 0.579. The molecule has 0 aliphatic carbocycles. The molecule has 0 N–H and O–H groups in total. The molecular formula is C49H32N4O. The molecule has 0 bridgehead atoms. The van der Waals surface area contributed by atoms with Gasteiger partial charge in [-0.1, -0.05) is 152 Å². The lowest BCUT2D eigenvalue weighted by Crippen LogP contribution is -2.10. The molecule has 5 nitrogen and oxygen atoms in total. The highest BCUT2D eigenvalue weighted by atomic mass is 16.3. The van der Waals surface area contributed by atoms with E-state index >= 15 is 0 Å². The third kappa shape index (κ3) is 5.65. The first-order valence-electron chi connectivity index (χ1n) is 18.0. The smallest absolute Gasteiger partial charge is 0.164 e. The van der Waals surface area contributed by atoms with Crippen molar-refractivity contribution in [3.63, 3.8) is 0 Å². The summed E-state index contributed by atoms with van der Waals surface area (Å²) in [6, 6.07) is 66.9. The zero-order valence-corrected chi connectivity index (χ0v) is 29.2. The average molecular weight is 693 g/mol. The second-order valence-corrected chi connectivity index (χ2v) is 13.3. The molecule has 2 aromatic heterocycles. The van der Waals surface area contributed by atoms with Crippen molar-refractivity contribution in [1.82, 2.24) is 15.0 Å². The largest absolute Gasteiger partial charge is 0.454 e. The average Bonchev–Trinajstić information content (AvgIpc) is 3.65. The van der Waals surface area contributed by atoms with E-state index in [1.54, 1.807) is 0 Å². The zero-order valence-electron chi connectivity index (χ0n) is 29.2. The van der Waals surface area contributed by atoms with Crippen LogP contribution in [0.2, 0.25) is 0 Å². The molecule has 0 radical (unpaired) electrons. The molecule has 2 heterocycles. The fourth-order valence-corrected chi connectivity index (χ4v) is 7.28. The van der Waals surface area contributed by atoms with Gasteiger partial charge in [0, 0.05) is 38.8 Å². The van der Waals surface area contributed by atoms with Crippen LogP contribution in [0.25, 0.3) is 78.0 Å². The number of benzene rings is 8. The Morgan fingerprint density at radius 1 is 0.389 bits per heavy atom. The maximum absolute atomic E-state index is 6.87. The lowest BCUT2D eigenvalue weighted by Gasteiger charge is -2.26. The SMILES string of the molecule is c1ccc(-c2ccc(N(c3ccc4ccccc4c3)c3ccc(-c4nc(-c5ccccc5)nc(-c5ccccc5)n4)c4c3oc3ccccc34)cc2)cc1. The predicted octanol–water partition coefficient (Wildman–Crippen LogP) is 13.1. The molecule has 5 heteroatoms. The quantitative estimate of drug-likeness (QED) is 0.166. The number of hydrogen-bond donors (Lipinski definition) is 0. The Bertz CT molecular complexity index is 2870. The van der Waals surface area contributed by atoms with E-state index in [2.05, 4.69) is 120 Å². The van der Waals surface area contributed by atoms with Gasteiger partial charge in [-0.25, -0.2) is 15.0 Å². The van der Waals surface area contributed by atoms with Gasteiger partial charge in [0.05, 0.1) is 5.69 Å². The third-order valence-electron chi connectivity index (χ3n) is 9.91. The molecular weight excluding hydrogens is 661 g/mol. The summed E-state index contributed by atoms with van der Waals surface area (Å²) in [6.45, 7) is 0. The maximum Gasteiger partial charge on any atom is 0.164 e. The molecule has 0 saturated heterocycles. The van der Waals surface area contributed by atoms with Crippen molar-refractivity contribution in [3.05, 3.63) is 194 Å². The van der Waals surface area contributed by atoms with Crippen LogP contribution in [-0.2, 0) is 0 Å². The van der Waals surface area contributed by atoms with Gasteiger partial charge in [-0.15, -0.1) is 0 Å². The molecule has 0 spiro atoms. The molecule has 0 unspecified atom stereocenters. The van der Waals surface area contributed by atoms with Crippen LogP contribution in [0.3, 0.4) is 0 Å². The van der Waals surface area contributed by atoms with Gasteiger partial charge in [-0.05, 0) is 64.4 Å². The van der Waals surface area contributed by atoms with Crippen LogP contribution in [0.4, 0.5) is 17.1 Å². The summed E-state index contributed by atoms with van der Waals surface area (Å²) in [6.07, 6.45) is 0. The van der Waals surface area contributed by atoms with E-state index in [0.717, 1.165) is 66.6 Å². The van der Waals surface area contributed by atoms with Gasteiger partial charge in [-0.3, -0.25) is 0 Å². The highest BCUT2D eigenvalue weighted by Gasteiger charge is 2.24. The number of hydrogen-bond acceptors (Lipinski definition) is 5. The second kappa shape index (κ2) is 13.3. The first-order valence-corrected chi connectivity index (χ1v) is 18.0. The highest BCUT2D eigenvalue weighted by Crippen LogP contribution is 2.46. The first kappa shape index (κ1) is 31.4. The highest BCUT2D eigenvalue weighted by molar-refractivity contribution is 6.16. The Balaban J connectivity index is 1.22. The molecule has 254 valence electrons. The molecule has 54 heavy (non-hydrogen) atoms. The summed E-state index contributed by atoms with van der Waals surface area (Å²) < 4.78 is 6.87. The topological polar surface area (TPSA) is 55.1 Å². The lowest BCUT2D eigenvalue weighted by molar-refractivity contribution is 0.669. The van der Waals surface area contributed by atoms with Gasteiger partial charge in [0.25, 0.3) is 0 Å². The van der Waals surface area contributed by atoms with Gasteiger partial charge in [0.1, 0.15) is 5.58 Å². The van der Waals surface area contributed by atoms with E-state index in [-0.39, 0.29) is 0 Å². The third-order valence-corrected chi connectivity index (χ3v) is 9.91. The van der Waals surface area contributed by atoms with E-state index in [1.165, 1.54) is 10.9 Å². The van der Waals surface area contributed by atoms with Crippen molar-refractivity contribution in [2.75, 3.05) is 4.90 Å². The predicted molar refractivity (Wildman–Crippen MR) is 221 cm³/mol. The fraction of sp³-hybridized carbons (Fsp3) is 0. The van der Waals surface area contributed by atoms with E-state index in [1.807, 2.05) is 78.9 Å². The van der Waals surface area contributed by atoms with Crippen molar-refractivity contribution in [3.8, 4) is 45.3 Å². The number of furan rings is 1. The summed E-state index contributed by atoms with van der Waals surface area (Å²) in [4.78, 5) is 17.5. The second-order valence-electron chi connectivity index (χ2n) is 13.3. The number of anilines is 3. The summed E-state index contributed by atoms with van der Waals surface area (Å²) in [7, 11) is 0. The first-order chi connectivity index (χ1) is 26.8. The van der Waals surface area contributed by atoms with Crippen molar-refractivity contribution in [2.24, 2.45) is 0 Å². The maximum atomic E-state index is 6.87. The summed E-state index contributed by atoms with van der Waals surface area (Å²) in [5, 5.41) is 4.28. The fourth-order valence-electron chi connectivity index (χ4n) is 7.28. The summed E-state index contributed by atoms with van der Waals surface area (Å²) >= 11 is 0. The zero-order chi connectivity index (χ0) is 35.8. The molecule has 0 aliphatic heterocycles. The van der Waals surface area contributed by atoms with Crippen LogP contribution in [0.5, 0.6) is 0 Å². The molecule has 0 atom stereocenters. The van der Waals surface area contributed by atoms with Gasteiger partial charge in [-0.2, -0.15) is 0 Å². The van der Waals surface area contributed by atoms with Crippen molar-refractivity contribution < 1.29 is 4.42 Å². The van der Waals surface area contributed by atoms with Crippen LogP contribution in [0.15, 0.2) is 199 Å². The monoisotopic (exact) mass is 692 g/mol. The van der Waals surface area contributed by atoms with Crippen LogP contribution in [0, 0.1) is 0 Å². The van der Waals surface area contributed by atoms with Crippen LogP contribution in [-0.4, -0.2) is 15.0 Å². The minimum Gasteiger partial charge on any atom is -0.454 e. The minimum atomic E-state index is 0.579. The van der Waals surface area contributed by atoms with Gasteiger partial charge in [0.2, 0.25) is 0 Å². The van der Waals surface area contributed by atoms with Crippen molar-refractivity contribution in [1.29, 1.82) is 0 Å². The van der Waals surface area contributed by atoms with E-state index in [0.29, 0.717) is 17.5 Å². The van der Waals surface area contributed by atoms with Crippen LogP contribution in [0.1, 0.15) is 0 Å². The van der Waals surface area contributed by atoms with Gasteiger partial charge >= 0.3 is 0 Å². The van der Waals surface area contributed by atoms with Gasteiger partial charge < -0.3 is 9.32 Å². The van der Waals surface area contributed by atoms with Gasteiger partial charge in [0.15, 0.2) is 23.1 Å². The Kier molecular flexibility index (Phi) is 7.73. The molecule has 0 amide bonds. The molecule has 0 saturated carbocycles. The van der Waals surface area contributed by atoms with Crippen molar-refractivity contribution >= 4 is 49.8 Å². The number of fused-ring (bicyclic) bond motifs is 4. The number of aromatic nitrogens is 3. The Morgan fingerprint density at radius 3 is 1.61 bits per heavy atom. The molecule has 10 aromatic rings. The molecule has 0 fully saturated rings. The summed E-state index contributed by atoms with van der Waals surface area (Å²) in [5.41, 5.74) is 9.52. The van der Waals surface area contributed by atoms with E-state index in [9.17, 15) is 0 Å². The number of rotatable bonds is 7. The van der Waals surface area contributed by atoms with E-state index in [4.69, 9.17) is 19.4 Å². The lowest BCUT2D eigenvalue weighted by atomic mass is 10.0. The molecule has 10 rings (SSSR count). The standard InChI is InChI=1S/C49H32N4O/c1-4-14-33(15-5-1)35-24-27-39(28-25-35)53(40-29-26-34-16-10-11-21-38(34)32-40)43-31-30-42(45-41-22-12-13-23-44(41)54-46(43)45)49-51-47(36-17-6-2-7-18-36)50-48(52-49)37-19-8-3-9-20-37/h1-32H. The Morgan fingerprint density at radius 2 is 0.926 bits per heavy atom. The molecule has 8 aromatic carbocycles. The molecule has 0 aliphatic rings. The number of para-hydroxylation sites is 1. The van der Waals surface area contributed by atoms with Crippen LogP contribution < -0.4 is 4.90 Å². The van der Waals surface area contributed by atoms with E-state index < -0.39 is 0 Å². The normalized spacial score (nSPS) is 11.3. The van der Waals surface area contributed by atoms with Crippen molar-refractivity contribution in [2.45, 2.75) is 0 Å².